The third kappa shape index (κ3) is 6.21. The number of hydrogen-bond acceptors (Lipinski definition) is 8. The number of imidazole rings is 1. The van der Waals surface area contributed by atoms with E-state index in [1.807, 2.05) is 51.1 Å². The number of carbonyl (C=O) groups excluding carboxylic acids is 1. The number of ether oxygens (including phenoxy) is 2. The molecule has 4 heterocycles. The van der Waals surface area contributed by atoms with Crippen LogP contribution >= 0.6 is 0 Å². The van der Waals surface area contributed by atoms with Crippen LogP contribution in [0.2, 0.25) is 0 Å². The van der Waals surface area contributed by atoms with Gasteiger partial charge in [-0.2, -0.15) is 0 Å². The Morgan fingerprint density at radius 1 is 0.956 bits per heavy atom. The van der Waals surface area contributed by atoms with Gasteiger partial charge in [-0.3, -0.25) is 14.0 Å². The Hall–Kier alpha value is -4.52. The molecule has 1 atom stereocenters. The Kier molecular flexibility index (Phi) is 7.98. The summed E-state index contributed by atoms with van der Waals surface area (Å²) in [6, 6.07) is 14.4. The Bertz CT molecular complexity index is 1730. The third-order valence-corrected chi connectivity index (χ3v) is 8.29. The fourth-order valence-electron chi connectivity index (χ4n) is 6.20. The molecule has 45 heavy (non-hydrogen) atoms. The number of hydrogen-bond donors (Lipinski definition) is 1. The van der Waals surface area contributed by atoms with Gasteiger partial charge in [0.15, 0.2) is 11.5 Å². The number of carbonyl (C=O) groups is 1. The van der Waals surface area contributed by atoms with Crippen LogP contribution in [0.1, 0.15) is 46.1 Å². The molecule has 2 aliphatic rings. The second-order valence-corrected chi connectivity index (χ2v) is 12.6. The van der Waals surface area contributed by atoms with Gasteiger partial charge in [-0.05, 0) is 76.4 Å². The van der Waals surface area contributed by atoms with Crippen molar-refractivity contribution < 1.29 is 23.0 Å². The van der Waals surface area contributed by atoms with Gasteiger partial charge < -0.3 is 20.1 Å². The second-order valence-electron chi connectivity index (χ2n) is 12.6. The smallest absolute Gasteiger partial charge is 0.410 e. The van der Waals surface area contributed by atoms with Crippen molar-refractivity contribution in [1.29, 1.82) is 0 Å². The highest BCUT2D eigenvalue weighted by Crippen LogP contribution is 2.40. The molecular formula is C32H37F2N7O4. The monoisotopic (exact) mass is 621 g/mol. The summed E-state index contributed by atoms with van der Waals surface area (Å²) < 4.78 is 45.8. The summed E-state index contributed by atoms with van der Waals surface area (Å²) in [5.41, 5.74) is 5.59. The first kappa shape index (κ1) is 30.5. The van der Waals surface area contributed by atoms with Crippen LogP contribution in [-0.4, -0.2) is 78.7 Å². The molecule has 0 radical (unpaired) electrons. The number of anilines is 1. The number of halogens is 2. The van der Waals surface area contributed by atoms with Crippen LogP contribution in [0.4, 0.5) is 19.4 Å². The average Bonchev–Trinajstić information content (AvgIpc) is 3.29. The summed E-state index contributed by atoms with van der Waals surface area (Å²) >= 11 is 0. The number of fused-ring (bicyclic) bond motifs is 1. The van der Waals surface area contributed by atoms with Gasteiger partial charge in [0.1, 0.15) is 35.0 Å². The minimum atomic E-state index is -3.24. The van der Waals surface area contributed by atoms with E-state index in [0.29, 0.717) is 49.7 Å². The normalized spacial score (nSPS) is 19.5. The Labute approximate surface area is 259 Å². The first-order chi connectivity index (χ1) is 21.4. The second kappa shape index (κ2) is 11.8. The highest BCUT2D eigenvalue weighted by molar-refractivity contribution is 5.84. The lowest BCUT2D eigenvalue weighted by Crippen LogP contribution is -2.56. The first-order valence-electron chi connectivity index (χ1n) is 15.1. The van der Waals surface area contributed by atoms with E-state index in [9.17, 15) is 9.59 Å². The first-order valence-corrected chi connectivity index (χ1v) is 15.1. The fraction of sp³-hybridized carbons (Fsp3) is 0.438. The van der Waals surface area contributed by atoms with Crippen LogP contribution in [0.25, 0.3) is 16.9 Å². The summed E-state index contributed by atoms with van der Waals surface area (Å²) in [5.74, 6) is -2.03. The lowest BCUT2D eigenvalue weighted by Gasteiger charge is -2.44. The topological polar surface area (TPSA) is 121 Å². The van der Waals surface area contributed by atoms with Crippen LogP contribution < -0.4 is 16.2 Å². The summed E-state index contributed by atoms with van der Waals surface area (Å²) in [7, 11) is 0. The van der Waals surface area contributed by atoms with Crippen molar-refractivity contribution in [3.05, 3.63) is 71.4 Å². The van der Waals surface area contributed by atoms with Crippen molar-refractivity contribution in [2.45, 2.75) is 63.6 Å². The van der Waals surface area contributed by atoms with Gasteiger partial charge in [0.2, 0.25) is 0 Å². The van der Waals surface area contributed by atoms with Crippen LogP contribution in [0.15, 0.2) is 65.7 Å². The molecule has 0 bridgehead atoms. The molecule has 2 aliphatic heterocycles. The largest absolute Gasteiger partial charge is 0.457 e. The molecule has 4 aromatic rings. The zero-order valence-electron chi connectivity index (χ0n) is 25.5. The number of amides is 1. The van der Waals surface area contributed by atoms with E-state index in [4.69, 9.17) is 15.2 Å². The van der Waals surface area contributed by atoms with Crippen LogP contribution in [0.3, 0.4) is 0 Å². The molecule has 0 spiro atoms. The Balaban J connectivity index is 1.23. The highest BCUT2D eigenvalue weighted by Gasteiger charge is 2.49. The van der Waals surface area contributed by atoms with E-state index in [0.717, 1.165) is 4.57 Å². The highest BCUT2D eigenvalue weighted by atomic mass is 19.3. The van der Waals surface area contributed by atoms with Gasteiger partial charge >= 0.3 is 11.8 Å². The molecule has 0 unspecified atom stereocenters. The predicted molar refractivity (Wildman–Crippen MR) is 165 cm³/mol. The average molecular weight is 622 g/mol. The maximum Gasteiger partial charge on any atom is 0.410 e. The van der Waals surface area contributed by atoms with Gasteiger partial charge in [0.25, 0.3) is 5.92 Å². The molecule has 6 rings (SSSR count). The molecule has 0 aliphatic carbocycles. The molecule has 13 heteroatoms. The van der Waals surface area contributed by atoms with E-state index >= 15 is 8.78 Å². The molecule has 0 saturated carbocycles. The zero-order chi connectivity index (χ0) is 31.9. The fourth-order valence-corrected chi connectivity index (χ4v) is 6.20. The number of benzene rings is 2. The summed E-state index contributed by atoms with van der Waals surface area (Å²) in [6.45, 7) is 6.15. The Morgan fingerprint density at radius 3 is 2.27 bits per heavy atom. The van der Waals surface area contributed by atoms with Crippen molar-refractivity contribution in [2.75, 3.05) is 31.9 Å². The molecule has 2 aromatic carbocycles. The lowest BCUT2D eigenvalue weighted by atomic mass is 9.95. The van der Waals surface area contributed by atoms with E-state index in [-0.39, 0.29) is 35.5 Å². The van der Waals surface area contributed by atoms with Gasteiger partial charge in [-0.15, -0.1) is 0 Å². The third-order valence-electron chi connectivity index (χ3n) is 8.29. The summed E-state index contributed by atoms with van der Waals surface area (Å²) in [4.78, 5) is 38.1. The number of piperidine rings is 2. The van der Waals surface area contributed by atoms with Gasteiger partial charge in [-0.25, -0.2) is 28.3 Å². The zero-order valence-corrected chi connectivity index (χ0v) is 25.5. The Morgan fingerprint density at radius 2 is 1.62 bits per heavy atom. The van der Waals surface area contributed by atoms with E-state index in [1.54, 1.807) is 34.1 Å². The number of aromatic nitrogens is 4. The number of rotatable bonds is 5. The van der Waals surface area contributed by atoms with Crippen LogP contribution in [0, 0.1) is 0 Å². The van der Waals surface area contributed by atoms with Crippen LogP contribution in [0.5, 0.6) is 11.5 Å². The number of nitrogen functional groups attached to an aromatic ring is 1. The van der Waals surface area contributed by atoms with Gasteiger partial charge in [-0.1, -0.05) is 18.2 Å². The molecule has 1 amide bonds. The van der Waals surface area contributed by atoms with Crippen molar-refractivity contribution >= 4 is 23.1 Å². The van der Waals surface area contributed by atoms with Gasteiger partial charge in [0, 0.05) is 25.7 Å². The maximum absolute atomic E-state index is 16.0. The molecule has 2 N–H and O–H groups in total. The maximum atomic E-state index is 16.0. The lowest BCUT2D eigenvalue weighted by molar-refractivity contribution is -0.116. The molecule has 2 fully saturated rings. The standard InChI is InChI=1S/C32H37F2N7O4/c1-31(2,3)45-30(43)38-16-13-21(14-17-38)39-18-15-25(32(33,34)19-39)41-28-26(27(35)36-20-37-28)40(29(41)42)22-9-11-24(12-10-22)44-23-7-5-4-6-8-23/h4-12,20-21,25H,13-19H2,1-3H3,(H2,35,36,37)/t25-/m1/s1. The summed E-state index contributed by atoms with van der Waals surface area (Å²) in [5, 5.41) is 0. The SMILES string of the molecule is CC(C)(C)OC(=O)N1CCC(N2CC[C@@H](n3c(=O)n(-c4ccc(Oc5ccccc5)cc4)c4c(N)ncnc43)C(F)(F)C2)CC1. The van der Waals surface area contributed by atoms with E-state index in [1.165, 1.54) is 10.9 Å². The van der Waals surface area contributed by atoms with Crippen molar-refractivity contribution in [2.24, 2.45) is 0 Å². The number of nitrogens with zero attached hydrogens (tertiary/aromatic N) is 6. The molecule has 2 saturated heterocycles. The number of alkyl halides is 2. The summed E-state index contributed by atoms with van der Waals surface area (Å²) in [6.07, 6.45) is 1.95. The van der Waals surface area contributed by atoms with Crippen molar-refractivity contribution in [3.63, 3.8) is 0 Å². The molecular weight excluding hydrogens is 584 g/mol. The quantitative estimate of drug-likeness (QED) is 0.321. The molecule has 238 valence electrons. The van der Waals surface area contributed by atoms with Crippen molar-refractivity contribution in [1.82, 2.24) is 28.9 Å². The van der Waals surface area contributed by atoms with E-state index < -0.39 is 29.8 Å². The minimum Gasteiger partial charge on any atom is -0.457 e. The number of para-hydroxylation sites is 1. The van der Waals surface area contributed by atoms with Gasteiger partial charge in [0.05, 0.1) is 12.2 Å². The molecule has 11 nitrogen and oxygen atoms in total. The van der Waals surface area contributed by atoms with E-state index in [2.05, 4.69) is 9.97 Å². The predicted octanol–water partition coefficient (Wildman–Crippen LogP) is 5.24. The van der Waals surface area contributed by atoms with Crippen molar-refractivity contribution in [3.8, 4) is 17.2 Å². The number of likely N-dealkylation sites (tertiary alicyclic amines) is 2. The minimum absolute atomic E-state index is 0.0120. The molecule has 2 aromatic heterocycles. The number of nitrogens with two attached hydrogens (primary N) is 1. The van der Waals surface area contributed by atoms with Crippen LogP contribution in [-0.2, 0) is 4.74 Å².